The van der Waals surface area contributed by atoms with Crippen molar-refractivity contribution in [3.05, 3.63) is 100 Å². The van der Waals surface area contributed by atoms with Crippen LogP contribution in [0.1, 0.15) is 45.1 Å². The van der Waals surface area contributed by atoms with Crippen molar-refractivity contribution in [3.8, 4) is 17.2 Å². The van der Waals surface area contributed by atoms with E-state index in [0.717, 1.165) is 27.8 Å². The van der Waals surface area contributed by atoms with Crippen LogP contribution < -0.4 is 25.3 Å². The van der Waals surface area contributed by atoms with Crippen molar-refractivity contribution in [3.63, 3.8) is 0 Å². The SMILES string of the molecule is COc1cc(CCOc2cc3c(cc2OC)CCN(C(=O)NCc2cocn2)C3c2ccc(C)cc2C)ccc1N. The van der Waals surface area contributed by atoms with Gasteiger partial charge in [0.1, 0.15) is 12.0 Å². The number of nitrogens with two attached hydrogens (primary N) is 1. The average molecular weight is 557 g/mol. The van der Waals surface area contributed by atoms with Crippen molar-refractivity contribution in [2.75, 3.05) is 33.1 Å². The van der Waals surface area contributed by atoms with Gasteiger partial charge >= 0.3 is 6.03 Å². The Morgan fingerprint density at radius 2 is 1.88 bits per heavy atom. The number of rotatable bonds is 9. The third-order valence-electron chi connectivity index (χ3n) is 7.48. The molecule has 0 fully saturated rings. The van der Waals surface area contributed by atoms with Crippen molar-refractivity contribution in [2.24, 2.45) is 0 Å². The monoisotopic (exact) mass is 556 g/mol. The molecule has 1 aliphatic heterocycles. The van der Waals surface area contributed by atoms with Gasteiger partial charge in [0, 0.05) is 13.0 Å². The molecule has 41 heavy (non-hydrogen) atoms. The number of oxazole rings is 1. The summed E-state index contributed by atoms with van der Waals surface area (Å²) in [5, 5.41) is 3.01. The Kier molecular flexibility index (Phi) is 8.33. The molecule has 0 saturated carbocycles. The number of nitrogen functional groups attached to an aromatic ring is 1. The van der Waals surface area contributed by atoms with Gasteiger partial charge in [-0.15, -0.1) is 0 Å². The van der Waals surface area contributed by atoms with Gasteiger partial charge in [-0.1, -0.05) is 29.8 Å². The van der Waals surface area contributed by atoms with Gasteiger partial charge < -0.3 is 34.6 Å². The number of methoxy groups -OCH3 is 2. The van der Waals surface area contributed by atoms with Crippen LogP contribution in [0, 0.1) is 13.8 Å². The maximum absolute atomic E-state index is 13.6. The van der Waals surface area contributed by atoms with Gasteiger partial charge in [0.2, 0.25) is 0 Å². The van der Waals surface area contributed by atoms with Crippen LogP contribution in [0.5, 0.6) is 17.2 Å². The summed E-state index contributed by atoms with van der Waals surface area (Å²) in [5.41, 5.74) is 13.8. The average Bonchev–Trinajstić information content (AvgIpc) is 3.50. The summed E-state index contributed by atoms with van der Waals surface area (Å²) in [6, 6.07) is 15.7. The third-order valence-corrected chi connectivity index (χ3v) is 7.48. The van der Waals surface area contributed by atoms with E-state index in [9.17, 15) is 4.79 Å². The molecule has 9 nitrogen and oxygen atoms in total. The highest BCUT2D eigenvalue weighted by Crippen LogP contribution is 2.42. The minimum atomic E-state index is -0.300. The smallest absolute Gasteiger partial charge is 0.318 e. The molecular formula is C32H36N4O5. The second-order valence-electron chi connectivity index (χ2n) is 10.2. The molecule has 4 aromatic rings. The number of anilines is 1. The first-order valence-corrected chi connectivity index (χ1v) is 13.6. The van der Waals surface area contributed by atoms with Crippen molar-refractivity contribution >= 4 is 11.7 Å². The molecule has 3 aromatic carbocycles. The molecule has 1 aliphatic rings. The fraction of sp³-hybridized carbons (Fsp3) is 0.312. The highest BCUT2D eigenvalue weighted by Gasteiger charge is 2.34. The summed E-state index contributed by atoms with van der Waals surface area (Å²) in [6.07, 6.45) is 4.24. The molecule has 5 rings (SSSR count). The van der Waals surface area contributed by atoms with E-state index < -0.39 is 0 Å². The summed E-state index contributed by atoms with van der Waals surface area (Å²) in [6.45, 7) is 5.42. The van der Waals surface area contributed by atoms with E-state index in [1.54, 1.807) is 14.2 Å². The largest absolute Gasteiger partial charge is 0.495 e. The number of hydrogen-bond acceptors (Lipinski definition) is 7. The van der Waals surface area contributed by atoms with E-state index in [0.29, 0.717) is 54.6 Å². The Hall–Kier alpha value is -4.66. The molecule has 0 aliphatic carbocycles. The fourth-order valence-electron chi connectivity index (χ4n) is 5.37. The van der Waals surface area contributed by atoms with Crippen LogP contribution in [-0.2, 0) is 19.4 Å². The number of ether oxygens (including phenoxy) is 3. The number of fused-ring (bicyclic) bond motifs is 1. The second-order valence-corrected chi connectivity index (χ2v) is 10.2. The molecule has 0 saturated heterocycles. The van der Waals surface area contributed by atoms with Gasteiger partial charge in [-0.3, -0.25) is 0 Å². The number of nitrogens with one attached hydrogen (secondary N) is 1. The highest BCUT2D eigenvalue weighted by molar-refractivity contribution is 5.76. The number of aromatic nitrogens is 1. The number of urea groups is 1. The van der Waals surface area contributed by atoms with Crippen LogP contribution in [-0.4, -0.2) is 43.3 Å². The van der Waals surface area contributed by atoms with E-state index in [2.05, 4.69) is 42.3 Å². The number of benzene rings is 3. The van der Waals surface area contributed by atoms with Crippen molar-refractivity contribution in [2.45, 2.75) is 39.3 Å². The van der Waals surface area contributed by atoms with Crippen LogP contribution in [0.3, 0.4) is 0 Å². The zero-order valence-electron chi connectivity index (χ0n) is 23.9. The zero-order chi connectivity index (χ0) is 28.9. The first-order valence-electron chi connectivity index (χ1n) is 13.6. The lowest BCUT2D eigenvalue weighted by atomic mass is 9.85. The predicted octanol–water partition coefficient (Wildman–Crippen LogP) is 5.37. The molecule has 0 bridgehead atoms. The molecule has 0 spiro atoms. The lowest BCUT2D eigenvalue weighted by Crippen LogP contribution is -2.46. The Morgan fingerprint density at radius 1 is 1.05 bits per heavy atom. The minimum absolute atomic E-state index is 0.167. The number of aryl methyl sites for hydroxylation is 2. The highest BCUT2D eigenvalue weighted by atomic mass is 16.5. The third kappa shape index (κ3) is 6.09. The Labute approximate surface area is 240 Å². The summed E-state index contributed by atoms with van der Waals surface area (Å²) in [7, 11) is 3.25. The van der Waals surface area contributed by atoms with E-state index in [-0.39, 0.29) is 18.6 Å². The number of amides is 2. The van der Waals surface area contributed by atoms with Crippen molar-refractivity contribution < 1.29 is 23.4 Å². The number of carbonyl (C=O) groups is 1. The molecule has 3 N–H and O–H groups in total. The summed E-state index contributed by atoms with van der Waals surface area (Å²) in [5.74, 6) is 1.95. The standard InChI is InChI=1S/C32H36N4O5/c1-20-5-7-25(21(2)13-20)31-26-16-30(41-12-10-22-6-8-27(33)28(14-22)38-3)29(39-4)15-23(26)9-11-36(31)32(37)34-17-24-18-40-19-35-24/h5-8,13-16,18-19,31H,9-12,17,33H2,1-4H3,(H,34,37). The van der Waals surface area contributed by atoms with Crippen LogP contribution >= 0.6 is 0 Å². The normalized spacial score (nSPS) is 14.3. The Morgan fingerprint density at radius 3 is 2.61 bits per heavy atom. The van der Waals surface area contributed by atoms with Gasteiger partial charge in [-0.05, 0) is 72.4 Å². The quantitative estimate of drug-likeness (QED) is 0.267. The number of carbonyl (C=O) groups excluding carboxylic acids is 1. The number of nitrogens with zero attached hydrogens (tertiary/aromatic N) is 2. The Bertz CT molecular complexity index is 1520. The first-order chi connectivity index (χ1) is 19.9. The predicted molar refractivity (Wildman–Crippen MR) is 157 cm³/mol. The van der Waals surface area contributed by atoms with Crippen LogP contribution in [0.4, 0.5) is 10.5 Å². The van der Waals surface area contributed by atoms with Gasteiger partial charge in [0.15, 0.2) is 17.9 Å². The maximum Gasteiger partial charge on any atom is 0.318 e. The molecule has 1 atom stereocenters. The zero-order valence-corrected chi connectivity index (χ0v) is 23.9. The van der Waals surface area contributed by atoms with Gasteiger partial charge in [0.05, 0.1) is 44.8 Å². The maximum atomic E-state index is 13.6. The molecule has 0 radical (unpaired) electrons. The molecule has 214 valence electrons. The van der Waals surface area contributed by atoms with Crippen LogP contribution in [0.2, 0.25) is 0 Å². The molecule has 9 heteroatoms. The van der Waals surface area contributed by atoms with E-state index in [1.165, 1.54) is 18.2 Å². The molecule has 1 aromatic heterocycles. The fourth-order valence-corrected chi connectivity index (χ4v) is 5.37. The van der Waals surface area contributed by atoms with E-state index in [4.69, 9.17) is 24.4 Å². The topological polar surface area (TPSA) is 112 Å². The lowest BCUT2D eigenvalue weighted by Gasteiger charge is -2.38. The van der Waals surface area contributed by atoms with Gasteiger partial charge in [0.25, 0.3) is 0 Å². The van der Waals surface area contributed by atoms with E-state index >= 15 is 0 Å². The summed E-state index contributed by atoms with van der Waals surface area (Å²) < 4.78 is 22.4. The molecule has 2 heterocycles. The summed E-state index contributed by atoms with van der Waals surface area (Å²) in [4.78, 5) is 19.6. The van der Waals surface area contributed by atoms with Crippen molar-refractivity contribution in [1.29, 1.82) is 0 Å². The molecule has 2 amide bonds. The molecular weight excluding hydrogens is 520 g/mol. The lowest BCUT2D eigenvalue weighted by molar-refractivity contribution is 0.179. The molecule has 1 unspecified atom stereocenters. The van der Waals surface area contributed by atoms with Gasteiger partial charge in [-0.2, -0.15) is 0 Å². The number of hydrogen-bond donors (Lipinski definition) is 2. The second kappa shape index (κ2) is 12.2. The van der Waals surface area contributed by atoms with Gasteiger partial charge in [-0.25, -0.2) is 9.78 Å². The Balaban J connectivity index is 1.45. The van der Waals surface area contributed by atoms with Crippen molar-refractivity contribution in [1.82, 2.24) is 15.2 Å². The van der Waals surface area contributed by atoms with Crippen LogP contribution in [0.15, 0.2) is 65.6 Å². The first kappa shape index (κ1) is 27.9. The van der Waals surface area contributed by atoms with E-state index in [1.807, 2.05) is 35.2 Å². The van der Waals surface area contributed by atoms with Crippen LogP contribution in [0.25, 0.3) is 0 Å². The summed E-state index contributed by atoms with van der Waals surface area (Å²) >= 11 is 0. The minimum Gasteiger partial charge on any atom is -0.495 e.